The fourth-order valence-electron chi connectivity index (χ4n) is 2.26. The lowest BCUT2D eigenvalue weighted by atomic mass is 10.2. The van der Waals surface area contributed by atoms with Gasteiger partial charge in [-0.05, 0) is 31.2 Å². The van der Waals surface area contributed by atoms with Crippen molar-refractivity contribution in [3.05, 3.63) is 30.5 Å². The van der Waals surface area contributed by atoms with Crippen molar-refractivity contribution in [3.8, 4) is 0 Å². The molecule has 1 aliphatic heterocycles. The number of rotatable bonds is 3. The lowest BCUT2D eigenvalue weighted by Crippen LogP contribution is -2.46. The highest BCUT2D eigenvalue weighted by molar-refractivity contribution is 5.76. The highest BCUT2D eigenvalue weighted by Gasteiger charge is 2.18. The van der Waals surface area contributed by atoms with Crippen LogP contribution in [0.25, 0.3) is 11.0 Å². The normalized spacial score (nSPS) is 23.4. The Kier molecular flexibility index (Phi) is 3.57. The van der Waals surface area contributed by atoms with Crippen molar-refractivity contribution in [1.82, 2.24) is 15.3 Å². The summed E-state index contributed by atoms with van der Waals surface area (Å²) in [5.74, 6) is 0.841. The third-order valence-corrected chi connectivity index (χ3v) is 3.20. The molecule has 0 saturated carbocycles. The molecule has 0 bridgehead atoms. The van der Waals surface area contributed by atoms with Gasteiger partial charge in [0.2, 0.25) is 0 Å². The minimum absolute atomic E-state index is 0.185. The van der Waals surface area contributed by atoms with E-state index < -0.39 is 0 Å². The predicted molar refractivity (Wildman–Crippen MR) is 75.2 cm³/mol. The third kappa shape index (κ3) is 3.00. The zero-order valence-corrected chi connectivity index (χ0v) is 11.0. The van der Waals surface area contributed by atoms with Gasteiger partial charge in [0, 0.05) is 31.2 Å². The predicted octanol–water partition coefficient (Wildman–Crippen LogP) is 1.42. The molecule has 0 spiro atoms. The number of nitrogens with one attached hydrogen (secondary N) is 2. The average molecular weight is 258 g/mol. The maximum Gasteiger partial charge on any atom is 0.161 e. The molecule has 5 nitrogen and oxygen atoms in total. The van der Waals surface area contributed by atoms with Gasteiger partial charge >= 0.3 is 0 Å². The van der Waals surface area contributed by atoms with Crippen LogP contribution in [0.1, 0.15) is 6.92 Å². The Morgan fingerprint density at radius 1 is 1.37 bits per heavy atom. The smallest absolute Gasteiger partial charge is 0.161 e. The first-order chi connectivity index (χ1) is 9.31. The number of hydrogen-bond donors (Lipinski definition) is 2. The molecule has 2 N–H and O–H groups in total. The molecule has 2 atom stereocenters. The van der Waals surface area contributed by atoms with E-state index in [2.05, 4.69) is 27.5 Å². The van der Waals surface area contributed by atoms with Crippen LogP contribution in [-0.2, 0) is 4.74 Å². The molecule has 3 heterocycles. The number of ether oxygens (including phenoxy) is 1. The van der Waals surface area contributed by atoms with Crippen molar-refractivity contribution in [3.63, 3.8) is 0 Å². The Balaban J connectivity index is 1.64. The Hall–Kier alpha value is -1.72. The summed E-state index contributed by atoms with van der Waals surface area (Å²) in [4.78, 5) is 8.73. The Morgan fingerprint density at radius 2 is 2.32 bits per heavy atom. The van der Waals surface area contributed by atoms with Gasteiger partial charge in [-0.3, -0.25) is 0 Å². The van der Waals surface area contributed by atoms with Crippen LogP contribution >= 0.6 is 0 Å². The minimum Gasteiger partial charge on any atom is -0.371 e. The lowest BCUT2D eigenvalue weighted by molar-refractivity contribution is -0.0196. The van der Waals surface area contributed by atoms with E-state index in [0.29, 0.717) is 0 Å². The lowest BCUT2D eigenvalue weighted by Gasteiger charge is -2.28. The first-order valence-corrected chi connectivity index (χ1v) is 6.63. The van der Waals surface area contributed by atoms with Gasteiger partial charge in [0.05, 0.1) is 12.2 Å². The van der Waals surface area contributed by atoms with Crippen molar-refractivity contribution in [2.45, 2.75) is 19.1 Å². The van der Waals surface area contributed by atoms with Gasteiger partial charge < -0.3 is 15.4 Å². The van der Waals surface area contributed by atoms with Crippen LogP contribution in [0.5, 0.6) is 0 Å². The summed E-state index contributed by atoms with van der Waals surface area (Å²) < 4.78 is 5.83. The third-order valence-electron chi connectivity index (χ3n) is 3.20. The second-order valence-corrected chi connectivity index (χ2v) is 4.85. The van der Waals surface area contributed by atoms with Gasteiger partial charge in [-0.2, -0.15) is 0 Å². The zero-order valence-electron chi connectivity index (χ0n) is 11.0. The molecule has 0 radical (unpaired) electrons. The first kappa shape index (κ1) is 12.3. The van der Waals surface area contributed by atoms with E-state index in [1.807, 2.05) is 24.3 Å². The van der Waals surface area contributed by atoms with Gasteiger partial charge in [0.25, 0.3) is 0 Å². The number of fused-ring (bicyclic) bond motifs is 1. The molecule has 0 amide bonds. The fourth-order valence-corrected chi connectivity index (χ4v) is 2.26. The van der Waals surface area contributed by atoms with Gasteiger partial charge in [0.1, 0.15) is 5.82 Å². The van der Waals surface area contributed by atoms with Crippen LogP contribution in [0.15, 0.2) is 30.5 Å². The summed E-state index contributed by atoms with van der Waals surface area (Å²) in [5.41, 5.74) is 0.767. The number of anilines is 1. The Bertz CT molecular complexity index is 560. The van der Waals surface area contributed by atoms with Gasteiger partial charge in [-0.15, -0.1) is 0 Å². The molecule has 0 unspecified atom stereocenters. The molecule has 1 aliphatic rings. The second-order valence-electron chi connectivity index (χ2n) is 4.85. The van der Waals surface area contributed by atoms with E-state index in [-0.39, 0.29) is 12.2 Å². The summed E-state index contributed by atoms with van der Waals surface area (Å²) in [7, 11) is 0. The molecular formula is C14H18N4O. The van der Waals surface area contributed by atoms with Crippen molar-refractivity contribution >= 4 is 16.9 Å². The molecule has 0 aliphatic carbocycles. The minimum atomic E-state index is 0.185. The number of nitrogens with zero attached hydrogens (tertiary/aromatic N) is 2. The number of morpholine rings is 1. The van der Waals surface area contributed by atoms with Crippen LogP contribution in [0.4, 0.5) is 5.82 Å². The molecule has 19 heavy (non-hydrogen) atoms. The van der Waals surface area contributed by atoms with Crippen molar-refractivity contribution in [2.75, 3.05) is 25.0 Å². The molecule has 5 heteroatoms. The second kappa shape index (κ2) is 5.50. The van der Waals surface area contributed by atoms with Crippen LogP contribution < -0.4 is 10.6 Å². The molecular weight excluding hydrogens is 240 g/mol. The SMILES string of the molecule is C[C@@H]1CNC[C@@H](CNc2ccc3cccnc3n2)O1. The van der Waals surface area contributed by atoms with E-state index in [4.69, 9.17) is 4.74 Å². The van der Waals surface area contributed by atoms with Gasteiger partial charge in [-0.1, -0.05) is 0 Å². The molecule has 1 saturated heterocycles. The quantitative estimate of drug-likeness (QED) is 0.872. The monoisotopic (exact) mass is 258 g/mol. The number of aromatic nitrogens is 2. The van der Waals surface area contributed by atoms with Gasteiger partial charge in [-0.25, -0.2) is 9.97 Å². The summed E-state index contributed by atoms with van der Waals surface area (Å²) in [6, 6.07) is 7.93. The fraction of sp³-hybridized carbons (Fsp3) is 0.429. The molecule has 0 aromatic carbocycles. The van der Waals surface area contributed by atoms with Crippen LogP contribution in [-0.4, -0.2) is 41.8 Å². The maximum absolute atomic E-state index is 5.83. The molecule has 3 rings (SSSR count). The van der Waals surface area contributed by atoms with Gasteiger partial charge in [0.15, 0.2) is 5.65 Å². The topological polar surface area (TPSA) is 59.1 Å². The van der Waals surface area contributed by atoms with E-state index in [0.717, 1.165) is 36.5 Å². The van der Waals surface area contributed by atoms with Crippen LogP contribution in [0, 0.1) is 0 Å². The standard InChI is InChI=1S/C14H18N4O/c1-10-7-15-8-12(19-10)9-17-13-5-4-11-3-2-6-16-14(11)18-13/h2-6,10,12,15H,7-9H2,1H3,(H,16,17,18)/t10-,12+/m1/s1. The van der Waals surface area contributed by atoms with E-state index >= 15 is 0 Å². The Labute approximate surface area is 112 Å². The largest absolute Gasteiger partial charge is 0.371 e. The molecule has 1 fully saturated rings. The first-order valence-electron chi connectivity index (χ1n) is 6.63. The summed E-state index contributed by atoms with van der Waals surface area (Å²) >= 11 is 0. The summed E-state index contributed by atoms with van der Waals surface area (Å²) in [6.07, 6.45) is 2.21. The number of pyridine rings is 2. The van der Waals surface area contributed by atoms with E-state index in [1.54, 1.807) is 6.20 Å². The van der Waals surface area contributed by atoms with Crippen molar-refractivity contribution in [1.29, 1.82) is 0 Å². The maximum atomic E-state index is 5.83. The van der Waals surface area contributed by atoms with Crippen LogP contribution in [0.3, 0.4) is 0 Å². The highest BCUT2D eigenvalue weighted by atomic mass is 16.5. The average Bonchev–Trinajstić information content (AvgIpc) is 2.45. The summed E-state index contributed by atoms with van der Waals surface area (Å²) in [5, 5.41) is 7.72. The molecule has 2 aromatic rings. The van der Waals surface area contributed by atoms with Crippen molar-refractivity contribution < 1.29 is 4.74 Å². The summed E-state index contributed by atoms with van der Waals surface area (Å²) in [6.45, 7) is 4.64. The Morgan fingerprint density at radius 3 is 3.21 bits per heavy atom. The van der Waals surface area contributed by atoms with E-state index in [9.17, 15) is 0 Å². The van der Waals surface area contributed by atoms with Crippen LogP contribution in [0.2, 0.25) is 0 Å². The molecule has 2 aromatic heterocycles. The zero-order chi connectivity index (χ0) is 13.1. The highest BCUT2D eigenvalue weighted by Crippen LogP contribution is 2.13. The molecule has 100 valence electrons. The van der Waals surface area contributed by atoms with Crippen molar-refractivity contribution in [2.24, 2.45) is 0 Å². The number of hydrogen-bond acceptors (Lipinski definition) is 5. The van der Waals surface area contributed by atoms with E-state index in [1.165, 1.54) is 0 Å².